The first-order chi connectivity index (χ1) is 18.1. The predicted molar refractivity (Wildman–Crippen MR) is 156 cm³/mol. The van der Waals surface area contributed by atoms with Gasteiger partial charge in [0.2, 0.25) is 10.0 Å². The van der Waals surface area contributed by atoms with Crippen LogP contribution in [0, 0.1) is 11.8 Å². The maximum Gasteiger partial charge on any atom is 0.257 e. The van der Waals surface area contributed by atoms with Crippen LogP contribution in [0.3, 0.4) is 0 Å². The number of benzene rings is 3. The van der Waals surface area contributed by atoms with Crippen molar-refractivity contribution in [2.45, 2.75) is 32.6 Å². The molecule has 0 aliphatic heterocycles. The van der Waals surface area contributed by atoms with Gasteiger partial charge in [0.1, 0.15) is 0 Å². The van der Waals surface area contributed by atoms with Gasteiger partial charge in [-0.05, 0) is 47.2 Å². The van der Waals surface area contributed by atoms with Gasteiger partial charge < -0.3 is 0 Å². The molecule has 1 amide bonds. The number of hydrogen-bond acceptors (Lipinski definition) is 5. The highest BCUT2D eigenvalue weighted by Gasteiger charge is 2.26. The van der Waals surface area contributed by atoms with Crippen molar-refractivity contribution in [1.82, 2.24) is 9.29 Å². The summed E-state index contributed by atoms with van der Waals surface area (Å²) in [4.78, 5) is 17.6. The third-order valence-corrected chi connectivity index (χ3v) is 8.51. The van der Waals surface area contributed by atoms with Crippen LogP contribution < -0.4 is 5.32 Å². The fourth-order valence-corrected chi connectivity index (χ4v) is 6.59. The second kappa shape index (κ2) is 12.0. The number of sulfonamides is 1. The Kier molecular flexibility index (Phi) is 8.76. The monoisotopic (exact) mass is 547 g/mol. The average Bonchev–Trinajstić information content (AvgIpc) is 3.37. The maximum absolute atomic E-state index is 13.2. The topological polar surface area (TPSA) is 79.4 Å². The van der Waals surface area contributed by atoms with Crippen LogP contribution in [0.15, 0.2) is 89.1 Å². The number of thiazole rings is 1. The fourth-order valence-electron chi connectivity index (χ4n) is 4.11. The summed E-state index contributed by atoms with van der Waals surface area (Å²) in [5.41, 5.74) is 4.38. The van der Waals surface area contributed by atoms with E-state index in [1.165, 1.54) is 27.8 Å². The molecule has 0 atom stereocenters. The first-order valence-electron chi connectivity index (χ1n) is 12.7. The Balaban J connectivity index is 1.44. The molecule has 0 spiro atoms. The van der Waals surface area contributed by atoms with Crippen molar-refractivity contribution < 1.29 is 13.2 Å². The van der Waals surface area contributed by atoms with Gasteiger partial charge in [-0.15, -0.1) is 11.3 Å². The molecular weight excluding hydrogens is 514 g/mol. The second-order valence-electron chi connectivity index (χ2n) is 10.1. The average molecular weight is 548 g/mol. The van der Waals surface area contributed by atoms with Crippen molar-refractivity contribution in [1.29, 1.82) is 0 Å². The first kappa shape index (κ1) is 27.7. The number of carbonyl (C=O) groups excluding carboxylic acids is 1. The number of carbonyl (C=O) groups is 1. The van der Waals surface area contributed by atoms with Crippen LogP contribution in [0.1, 0.15) is 38.1 Å². The van der Waals surface area contributed by atoms with E-state index in [4.69, 9.17) is 0 Å². The lowest BCUT2D eigenvalue weighted by molar-refractivity contribution is 0.102. The quantitative estimate of drug-likeness (QED) is 0.231. The summed E-state index contributed by atoms with van der Waals surface area (Å²) in [6.07, 6.45) is 0. The molecule has 0 aliphatic carbocycles. The number of rotatable bonds is 10. The molecule has 198 valence electrons. The van der Waals surface area contributed by atoms with Gasteiger partial charge in [0.25, 0.3) is 5.91 Å². The van der Waals surface area contributed by atoms with Crippen molar-refractivity contribution in [3.63, 3.8) is 0 Å². The lowest BCUT2D eigenvalue weighted by Crippen LogP contribution is -2.37. The van der Waals surface area contributed by atoms with E-state index >= 15 is 0 Å². The van der Waals surface area contributed by atoms with Crippen molar-refractivity contribution in [2.75, 3.05) is 18.4 Å². The van der Waals surface area contributed by atoms with Gasteiger partial charge in [0, 0.05) is 29.6 Å². The molecule has 0 aliphatic rings. The molecule has 8 heteroatoms. The molecule has 0 saturated heterocycles. The lowest BCUT2D eigenvalue weighted by atomic mass is 10.0. The Morgan fingerprint density at radius 1 is 0.816 bits per heavy atom. The Labute approximate surface area is 229 Å². The van der Waals surface area contributed by atoms with Crippen molar-refractivity contribution in [3.8, 4) is 22.4 Å². The Morgan fingerprint density at radius 3 is 1.95 bits per heavy atom. The van der Waals surface area contributed by atoms with Crippen LogP contribution in [0.2, 0.25) is 0 Å². The molecule has 3 aromatic carbocycles. The molecule has 1 heterocycles. The molecule has 38 heavy (non-hydrogen) atoms. The molecule has 1 N–H and O–H groups in total. The van der Waals surface area contributed by atoms with E-state index in [0.717, 1.165) is 22.4 Å². The number of amides is 1. The molecule has 0 saturated carbocycles. The minimum absolute atomic E-state index is 0.186. The molecule has 0 radical (unpaired) electrons. The van der Waals surface area contributed by atoms with E-state index < -0.39 is 10.0 Å². The Hall–Kier alpha value is -3.33. The normalized spacial score (nSPS) is 11.9. The predicted octanol–water partition coefficient (Wildman–Crippen LogP) is 7.03. The van der Waals surface area contributed by atoms with Gasteiger partial charge in [-0.1, -0.05) is 82.3 Å². The summed E-state index contributed by atoms with van der Waals surface area (Å²) >= 11 is 1.34. The van der Waals surface area contributed by atoms with E-state index in [9.17, 15) is 13.2 Å². The van der Waals surface area contributed by atoms with Crippen LogP contribution in [-0.4, -0.2) is 36.7 Å². The van der Waals surface area contributed by atoms with Crippen LogP contribution in [0.4, 0.5) is 5.13 Å². The van der Waals surface area contributed by atoms with Gasteiger partial charge in [-0.25, -0.2) is 13.4 Å². The minimum Gasteiger partial charge on any atom is -0.298 e. The zero-order valence-electron chi connectivity index (χ0n) is 22.1. The Bertz CT molecular complexity index is 1450. The molecule has 1 aromatic heterocycles. The Morgan fingerprint density at radius 2 is 1.37 bits per heavy atom. The molecule has 4 aromatic rings. The fraction of sp³-hybridized carbons (Fsp3) is 0.267. The van der Waals surface area contributed by atoms with E-state index in [-0.39, 0.29) is 22.6 Å². The minimum atomic E-state index is -3.65. The number of hydrogen-bond donors (Lipinski definition) is 1. The summed E-state index contributed by atoms with van der Waals surface area (Å²) in [5, 5.41) is 5.21. The number of nitrogens with zero attached hydrogens (tertiary/aromatic N) is 2. The zero-order valence-corrected chi connectivity index (χ0v) is 23.7. The highest BCUT2D eigenvalue weighted by Crippen LogP contribution is 2.28. The smallest absolute Gasteiger partial charge is 0.257 e. The van der Waals surface area contributed by atoms with Gasteiger partial charge in [0.05, 0.1) is 10.6 Å². The van der Waals surface area contributed by atoms with Crippen LogP contribution in [-0.2, 0) is 10.0 Å². The van der Waals surface area contributed by atoms with E-state index in [0.29, 0.717) is 23.8 Å². The van der Waals surface area contributed by atoms with Crippen LogP contribution in [0.25, 0.3) is 22.4 Å². The van der Waals surface area contributed by atoms with Crippen molar-refractivity contribution in [3.05, 3.63) is 89.8 Å². The van der Waals surface area contributed by atoms with Crippen LogP contribution >= 0.6 is 11.3 Å². The standard InChI is InChI=1S/C30H33N3O3S2/c1-21(2)18-33(19-22(3)4)38(35,36)27-16-14-26(15-17-27)29(34)32-30-31-28(20-37-30)25-12-10-24(11-13-25)23-8-6-5-7-9-23/h5-17,20-22H,18-19H2,1-4H3,(H,31,32,34). The van der Waals surface area contributed by atoms with E-state index in [2.05, 4.69) is 34.6 Å². The number of nitrogens with one attached hydrogen (secondary N) is 1. The number of aromatic nitrogens is 1. The van der Waals surface area contributed by atoms with Gasteiger partial charge >= 0.3 is 0 Å². The summed E-state index contributed by atoms with van der Waals surface area (Å²) in [6.45, 7) is 8.90. The van der Waals surface area contributed by atoms with Gasteiger partial charge in [0.15, 0.2) is 5.13 Å². The van der Waals surface area contributed by atoms with Crippen LogP contribution in [0.5, 0.6) is 0 Å². The lowest BCUT2D eigenvalue weighted by Gasteiger charge is -2.25. The summed E-state index contributed by atoms with van der Waals surface area (Å²) in [6, 6.07) is 24.4. The van der Waals surface area contributed by atoms with Crippen molar-refractivity contribution >= 4 is 32.4 Å². The summed E-state index contributed by atoms with van der Waals surface area (Å²) < 4.78 is 28.0. The largest absolute Gasteiger partial charge is 0.298 e. The third kappa shape index (κ3) is 6.75. The highest BCUT2D eigenvalue weighted by atomic mass is 32.2. The summed E-state index contributed by atoms with van der Waals surface area (Å²) in [5.74, 6) is 0.0765. The highest BCUT2D eigenvalue weighted by molar-refractivity contribution is 7.89. The molecule has 4 rings (SSSR count). The first-order valence-corrected chi connectivity index (χ1v) is 15.0. The maximum atomic E-state index is 13.2. The third-order valence-electron chi connectivity index (χ3n) is 5.90. The molecule has 6 nitrogen and oxygen atoms in total. The SMILES string of the molecule is CC(C)CN(CC(C)C)S(=O)(=O)c1ccc(C(=O)Nc2nc(-c3ccc(-c4ccccc4)cc3)cs2)cc1. The zero-order chi connectivity index (χ0) is 27.3. The van der Waals surface area contributed by atoms with Crippen molar-refractivity contribution in [2.24, 2.45) is 11.8 Å². The second-order valence-corrected chi connectivity index (χ2v) is 12.9. The molecular formula is C30H33N3O3S2. The molecule has 0 fully saturated rings. The molecule has 0 bridgehead atoms. The van der Waals surface area contributed by atoms with Gasteiger partial charge in [-0.2, -0.15) is 4.31 Å². The summed E-state index contributed by atoms with van der Waals surface area (Å²) in [7, 11) is -3.65. The number of anilines is 1. The van der Waals surface area contributed by atoms with Gasteiger partial charge in [-0.3, -0.25) is 10.1 Å². The molecule has 0 unspecified atom stereocenters. The van der Waals surface area contributed by atoms with E-state index in [1.807, 2.05) is 63.4 Å². The van der Waals surface area contributed by atoms with E-state index in [1.54, 1.807) is 12.1 Å².